The molecule has 1 aromatic heterocycles. The van der Waals surface area contributed by atoms with Crippen molar-refractivity contribution >= 4 is 28.8 Å². The van der Waals surface area contributed by atoms with Crippen molar-refractivity contribution in [2.24, 2.45) is 5.92 Å². The average Bonchev–Trinajstić information content (AvgIpc) is 3.35. The summed E-state index contributed by atoms with van der Waals surface area (Å²) in [5.74, 6) is 1.04. The smallest absolute Gasteiger partial charge is 0.265 e. The number of halogens is 1. The number of hydrogen-bond acceptors (Lipinski definition) is 4. The van der Waals surface area contributed by atoms with E-state index in [1.54, 1.807) is 0 Å². The van der Waals surface area contributed by atoms with Gasteiger partial charge in [0.25, 0.3) is 5.91 Å². The number of carbonyl (C=O) groups excluding carboxylic acids is 1. The van der Waals surface area contributed by atoms with Crippen LogP contribution in [0.2, 0.25) is 5.02 Å². The Morgan fingerprint density at radius 2 is 1.88 bits per heavy atom. The number of aromatic nitrogens is 1. The summed E-state index contributed by atoms with van der Waals surface area (Å²) in [5.41, 5.74) is 1.83. The van der Waals surface area contributed by atoms with E-state index in [4.69, 9.17) is 11.6 Å². The van der Waals surface area contributed by atoms with Crippen LogP contribution in [0.3, 0.4) is 0 Å². The van der Waals surface area contributed by atoms with E-state index >= 15 is 0 Å². The Labute approximate surface area is 157 Å². The van der Waals surface area contributed by atoms with Crippen molar-refractivity contribution in [2.45, 2.75) is 19.8 Å². The molecule has 0 spiro atoms. The normalized spacial score (nSPS) is 18.6. The Morgan fingerprint density at radius 1 is 1.20 bits per heavy atom. The summed E-state index contributed by atoms with van der Waals surface area (Å²) in [6.45, 7) is 6.75. The standard InChI is InChI=1S/C19H22ClN3OS/c1-13-17(25-18(21-13)15-4-6-16(20)7-5-15)19(24)23-10-8-22(9-11-23)12-14-2-3-14/h4-7,14H,2-3,8-12H2,1H3. The summed E-state index contributed by atoms with van der Waals surface area (Å²) in [4.78, 5) is 22.8. The molecule has 1 aliphatic heterocycles. The molecular formula is C19H22ClN3OS. The molecule has 0 radical (unpaired) electrons. The van der Waals surface area contributed by atoms with Gasteiger partial charge in [0.2, 0.25) is 0 Å². The lowest BCUT2D eigenvalue weighted by molar-refractivity contribution is 0.0636. The maximum atomic E-state index is 12.9. The van der Waals surface area contributed by atoms with E-state index < -0.39 is 0 Å². The van der Waals surface area contributed by atoms with Crippen molar-refractivity contribution in [1.29, 1.82) is 0 Å². The van der Waals surface area contributed by atoms with E-state index in [9.17, 15) is 4.79 Å². The summed E-state index contributed by atoms with van der Waals surface area (Å²) in [7, 11) is 0. The molecule has 2 aromatic rings. The van der Waals surface area contributed by atoms with Crippen LogP contribution in [0.15, 0.2) is 24.3 Å². The minimum Gasteiger partial charge on any atom is -0.335 e. The first kappa shape index (κ1) is 17.0. The van der Waals surface area contributed by atoms with Crippen molar-refractivity contribution in [3.8, 4) is 10.6 Å². The zero-order chi connectivity index (χ0) is 17.4. The van der Waals surface area contributed by atoms with Gasteiger partial charge in [-0.25, -0.2) is 4.98 Å². The monoisotopic (exact) mass is 375 g/mol. The second kappa shape index (κ2) is 7.06. The zero-order valence-electron chi connectivity index (χ0n) is 14.4. The van der Waals surface area contributed by atoms with Gasteiger partial charge in [-0.15, -0.1) is 11.3 Å². The molecule has 1 saturated heterocycles. The molecule has 1 amide bonds. The average molecular weight is 376 g/mol. The molecule has 0 atom stereocenters. The van der Waals surface area contributed by atoms with Gasteiger partial charge in [-0.1, -0.05) is 23.7 Å². The van der Waals surface area contributed by atoms with Crippen molar-refractivity contribution in [3.63, 3.8) is 0 Å². The Bertz CT molecular complexity index is 761. The molecule has 0 unspecified atom stereocenters. The number of thiazole rings is 1. The number of nitrogens with zero attached hydrogens (tertiary/aromatic N) is 3. The van der Waals surface area contributed by atoms with Crippen LogP contribution in [0.25, 0.3) is 10.6 Å². The predicted molar refractivity (Wildman–Crippen MR) is 102 cm³/mol. The number of aryl methyl sites for hydroxylation is 1. The SMILES string of the molecule is Cc1nc(-c2ccc(Cl)cc2)sc1C(=O)N1CCN(CC2CC2)CC1. The number of piperazine rings is 1. The van der Waals surface area contributed by atoms with Crippen molar-refractivity contribution in [1.82, 2.24) is 14.8 Å². The first-order valence-corrected chi connectivity index (χ1v) is 10.0. The highest BCUT2D eigenvalue weighted by molar-refractivity contribution is 7.17. The van der Waals surface area contributed by atoms with Crippen molar-refractivity contribution < 1.29 is 4.79 Å². The van der Waals surface area contributed by atoms with Gasteiger partial charge in [0.1, 0.15) is 9.88 Å². The third kappa shape index (κ3) is 3.89. The number of carbonyl (C=O) groups is 1. The highest BCUT2D eigenvalue weighted by Crippen LogP contribution is 2.31. The van der Waals surface area contributed by atoms with Gasteiger partial charge < -0.3 is 4.90 Å². The second-order valence-corrected chi connectivity index (χ2v) is 8.41. The fourth-order valence-electron chi connectivity index (χ4n) is 3.25. The molecule has 1 aromatic carbocycles. The summed E-state index contributed by atoms with van der Waals surface area (Å²) < 4.78 is 0. The van der Waals surface area contributed by atoms with Crippen LogP contribution in [0.1, 0.15) is 28.2 Å². The molecule has 2 aliphatic rings. The van der Waals surface area contributed by atoms with E-state index in [-0.39, 0.29) is 5.91 Å². The van der Waals surface area contributed by atoms with Crippen LogP contribution in [-0.4, -0.2) is 53.4 Å². The van der Waals surface area contributed by atoms with Gasteiger partial charge in [0.05, 0.1) is 5.69 Å². The number of benzene rings is 1. The maximum absolute atomic E-state index is 12.9. The molecule has 0 bridgehead atoms. The third-order valence-corrected chi connectivity index (χ3v) is 6.40. The number of amides is 1. The minimum absolute atomic E-state index is 0.126. The van der Waals surface area contributed by atoms with Crippen molar-refractivity contribution in [2.75, 3.05) is 32.7 Å². The lowest BCUT2D eigenvalue weighted by Gasteiger charge is -2.34. The lowest BCUT2D eigenvalue weighted by atomic mass is 10.2. The first-order chi connectivity index (χ1) is 12.1. The molecule has 25 heavy (non-hydrogen) atoms. The van der Waals surface area contributed by atoms with E-state index in [2.05, 4.69) is 9.88 Å². The summed E-state index contributed by atoms with van der Waals surface area (Å²) in [5, 5.41) is 1.59. The predicted octanol–water partition coefficient (Wildman–Crippen LogP) is 3.94. The van der Waals surface area contributed by atoms with Gasteiger partial charge >= 0.3 is 0 Å². The lowest BCUT2D eigenvalue weighted by Crippen LogP contribution is -2.49. The van der Waals surface area contributed by atoms with Gasteiger partial charge in [0.15, 0.2) is 0 Å². The molecular weight excluding hydrogens is 354 g/mol. The highest BCUT2D eigenvalue weighted by Gasteiger charge is 2.29. The third-order valence-electron chi connectivity index (χ3n) is 4.95. The van der Waals surface area contributed by atoms with E-state index in [0.29, 0.717) is 5.02 Å². The second-order valence-electron chi connectivity index (χ2n) is 6.98. The number of hydrogen-bond donors (Lipinski definition) is 0. The fraction of sp³-hybridized carbons (Fsp3) is 0.474. The molecule has 0 N–H and O–H groups in total. The van der Waals surface area contributed by atoms with Gasteiger partial charge in [-0.3, -0.25) is 9.69 Å². The topological polar surface area (TPSA) is 36.4 Å². The first-order valence-electron chi connectivity index (χ1n) is 8.85. The molecule has 4 nitrogen and oxygen atoms in total. The minimum atomic E-state index is 0.126. The van der Waals surface area contributed by atoms with Crippen LogP contribution in [0, 0.1) is 12.8 Å². The fourth-order valence-corrected chi connectivity index (χ4v) is 4.42. The van der Waals surface area contributed by atoms with Crippen LogP contribution in [0.5, 0.6) is 0 Å². The van der Waals surface area contributed by atoms with E-state index in [0.717, 1.165) is 53.2 Å². The van der Waals surface area contributed by atoms with Crippen LogP contribution >= 0.6 is 22.9 Å². The van der Waals surface area contributed by atoms with E-state index in [1.807, 2.05) is 36.1 Å². The van der Waals surface area contributed by atoms with Crippen LogP contribution < -0.4 is 0 Å². The van der Waals surface area contributed by atoms with Gasteiger partial charge in [-0.05, 0) is 37.8 Å². The Hall–Kier alpha value is -1.43. The quantitative estimate of drug-likeness (QED) is 0.812. The molecule has 1 aliphatic carbocycles. The maximum Gasteiger partial charge on any atom is 0.265 e. The Morgan fingerprint density at radius 3 is 2.52 bits per heavy atom. The summed E-state index contributed by atoms with van der Waals surface area (Å²) >= 11 is 7.44. The highest BCUT2D eigenvalue weighted by atomic mass is 35.5. The molecule has 132 valence electrons. The summed E-state index contributed by atoms with van der Waals surface area (Å²) in [6, 6.07) is 7.61. The largest absolute Gasteiger partial charge is 0.335 e. The van der Waals surface area contributed by atoms with E-state index in [1.165, 1.54) is 30.7 Å². The Kier molecular flexibility index (Phi) is 4.80. The molecule has 4 rings (SSSR count). The molecule has 1 saturated carbocycles. The molecule has 6 heteroatoms. The molecule has 2 heterocycles. The number of rotatable bonds is 4. The van der Waals surface area contributed by atoms with Crippen LogP contribution in [-0.2, 0) is 0 Å². The van der Waals surface area contributed by atoms with Crippen LogP contribution in [0.4, 0.5) is 0 Å². The molecule has 2 fully saturated rings. The van der Waals surface area contributed by atoms with Gasteiger partial charge in [-0.2, -0.15) is 0 Å². The van der Waals surface area contributed by atoms with Gasteiger partial charge in [0, 0.05) is 43.3 Å². The van der Waals surface area contributed by atoms with Crippen molar-refractivity contribution in [3.05, 3.63) is 39.9 Å². The Balaban J connectivity index is 1.44. The zero-order valence-corrected chi connectivity index (χ0v) is 15.9. The summed E-state index contributed by atoms with van der Waals surface area (Å²) in [6.07, 6.45) is 2.76.